The molecule has 0 aliphatic heterocycles. The van der Waals surface area contributed by atoms with E-state index in [1.165, 1.54) is 0 Å². The Kier molecular flexibility index (Phi) is 9.47. The van der Waals surface area contributed by atoms with Crippen LogP contribution in [0.2, 0.25) is 0 Å². The Morgan fingerprint density at radius 1 is 0.879 bits per heavy atom. The first-order chi connectivity index (χ1) is 15.4. The average molecular weight is 473 g/mol. The van der Waals surface area contributed by atoms with Gasteiger partial charge < -0.3 is 31.3 Å². The third kappa shape index (κ3) is 6.58. The standard InChI is InChI=1S/C13H16N2O2.C11H12N2O2.ClH/c1-2-17-13(16)11(14)7-9-8-15-12-6-4-3-5-10(9)12;12-9(11(14)15)5-7-6-13-10-4-2-1-3-8(7)10;/h3-6,8,11,15H,2,7,14H2,1H3;1-4,6,9,13H,5,12H2,(H,14,15);1H/t11-;9-;/m00./s1. The number of nitrogens with one attached hydrogen (secondary N) is 2. The van der Waals surface area contributed by atoms with Crippen molar-refractivity contribution in [3.63, 3.8) is 0 Å². The zero-order valence-corrected chi connectivity index (χ0v) is 19.1. The van der Waals surface area contributed by atoms with Crippen molar-refractivity contribution in [2.75, 3.05) is 6.61 Å². The molecule has 2 heterocycles. The maximum Gasteiger partial charge on any atom is 0.323 e. The molecule has 0 unspecified atom stereocenters. The van der Waals surface area contributed by atoms with Crippen LogP contribution in [0.5, 0.6) is 0 Å². The number of hydrogen-bond donors (Lipinski definition) is 5. The lowest BCUT2D eigenvalue weighted by atomic mass is 10.1. The summed E-state index contributed by atoms with van der Waals surface area (Å²) in [5, 5.41) is 10.9. The van der Waals surface area contributed by atoms with Crippen molar-refractivity contribution in [2.24, 2.45) is 11.5 Å². The summed E-state index contributed by atoms with van der Waals surface area (Å²) in [6.45, 7) is 2.14. The van der Waals surface area contributed by atoms with Gasteiger partial charge in [-0.05, 0) is 30.2 Å². The van der Waals surface area contributed by atoms with E-state index < -0.39 is 18.1 Å². The number of carboxylic acids is 1. The summed E-state index contributed by atoms with van der Waals surface area (Å²) >= 11 is 0. The zero-order chi connectivity index (χ0) is 23.1. The van der Waals surface area contributed by atoms with Crippen LogP contribution >= 0.6 is 12.4 Å². The fourth-order valence-corrected chi connectivity index (χ4v) is 3.49. The second kappa shape index (κ2) is 12.1. The Bertz CT molecular complexity index is 1200. The molecule has 0 aliphatic rings. The van der Waals surface area contributed by atoms with Crippen LogP contribution in [0, 0.1) is 0 Å². The molecule has 7 N–H and O–H groups in total. The minimum Gasteiger partial charge on any atom is -0.480 e. The summed E-state index contributed by atoms with van der Waals surface area (Å²) in [6.07, 6.45) is 4.54. The van der Waals surface area contributed by atoms with Gasteiger partial charge in [-0.3, -0.25) is 9.59 Å². The molecule has 4 rings (SSSR count). The van der Waals surface area contributed by atoms with Gasteiger partial charge in [0.05, 0.1) is 6.61 Å². The number of H-pyrrole nitrogens is 2. The van der Waals surface area contributed by atoms with Crippen LogP contribution < -0.4 is 11.5 Å². The molecule has 0 amide bonds. The molecule has 0 radical (unpaired) electrons. The summed E-state index contributed by atoms with van der Waals surface area (Å²) in [6, 6.07) is 14.3. The Hall–Kier alpha value is -3.33. The fourth-order valence-electron chi connectivity index (χ4n) is 3.49. The molecule has 0 spiro atoms. The topological polar surface area (TPSA) is 147 Å². The number of halogens is 1. The monoisotopic (exact) mass is 472 g/mol. The van der Waals surface area contributed by atoms with Gasteiger partial charge in [0, 0.05) is 47.0 Å². The van der Waals surface area contributed by atoms with Gasteiger partial charge in [0.25, 0.3) is 0 Å². The first-order valence-corrected chi connectivity index (χ1v) is 10.4. The van der Waals surface area contributed by atoms with Crippen molar-refractivity contribution >= 4 is 46.2 Å². The van der Waals surface area contributed by atoms with Crippen LogP contribution in [0.3, 0.4) is 0 Å². The molecule has 8 nitrogen and oxygen atoms in total. The fraction of sp³-hybridized carbons (Fsp3) is 0.250. The maximum absolute atomic E-state index is 11.4. The van der Waals surface area contributed by atoms with Crippen LogP contribution in [0.15, 0.2) is 60.9 Å². The van der Waals surface area contributed by atoms with Crippen molar-refractivity contribution in [3.05, 3.63) is 72.1 Å². The predicted octanol–water partition coefficient (Wildman–Crippen LogP) is 3.14. The third-order valence-corrected chi connectivity index (χ3v) is 5.14. The van der Waals surface area contributed by atoms with Gasteiger partial charge in [0.15, 0.2) is 0 Å². The number of hydrogen-bond acceptors (Lipinski definition) is 5. The smallest absolute Gasteiger partial charge is 0.323 e. The van der Waals surface area contributed by atoms with E-state index in [2.05, 4.69) is 9.97 Å². The number of rotatable bonds is 7. The molecule has 0 saturated carbocycles. The molecule has 9 heteroatoms. The van der Waals surface area contributed by atoms with Crippen molar-refractivity contribution < 1.29 is 19.4 Å². The zero-order valence-electron chi connectivity index (χ0n) is 18.3. The summed E-state index contributed by atoms with van der Waals surface area (Å²) in [4.78, 5) is 28.3. The van der Waals surface area contributed by atoms with E-state index in [9.17, 15) is 9.59 Å². The summed E-state index contributed by atoms with van der Waals surface area (Å²) < 4.78 is 4.89. The SMILES string of the molecule is CCOC(=O)[C@@H](N)Cc1c[nH]c2ccccc12.Cl.N[C@@H](Cc1c[nH]c2ccccc12)C(=O)O. The molecule has 176 valence electrons. The van der Waals surface area contributed by atoms with E-state index in [0.29, 0.717) is 19.4 Å². The first-order valence-electron chi connectivity index (χ1n) is 10.4. The highest BCUT2D eigenvalue weighted by Crippen LogP contribution is 2.19. The summed E-state index contributed by atoms with van der Waals surface area (Å²) in [5.74, 6) is -1.32. The summed E-state index contributed by atoms with van der Waals surface area (Å²) in [7, 11) is 0. The second-order valence-corrected chi connectivity index (χ2v) is 7.43. The molecule has 2 atom stereocenters. The van der Waals surface area contributed by atoms with Crippen molar-refractivity contribution in [1.29, 1.82) is 0 Å². The number of carbonyl (C=O) groups is 2. The average Bonchev–Trinajstić information content (AvgIpc) is 3.39. The normalized spacial score (nSPS) is 12.3. The quantitative estimate of drug-likeness (QED) is 0.261. The molecule has 0 bridgehead atoms. The lowest BCUT2D eigenvalue weighted by Crippen LogP contribution is -2.34. The largest absolute Gasteiger partial charge is 0.480 e. The third-order valence-electron chi connectivity index (χ3n) is 5.14. The number of aromatic amines is 2. The molecule has 33 heavy (non-hydrogen) atoms. The van der Waals surface area contributed by atoms with Crippen LogP contribution in [-0.4, -0.2) is 45.7 Å². The number of nitrogens with two attached hydrogens (primary N) is 2. The van der Waals surface area contributed by atoms with Crippen molar-refractivity contribution in [1.82, 2.24) is 9.97 Å². The van der Waals surface area contributed by atoms with E-state index in [4.69, 9.17) is 21.3 Å². The Morgan fingerprint density at radius 3 is 1.79 bits per heavy atom. The van der Waals surface area contributed by atoms with Gasteiger partial charge in [-0.2, -0.15) is 0 Å². The first kappa shape index (κ1) is 25.9. The number of benzene rings is 2. The lowest BCUT2D eigenvalue weighted by Gasteiger charge is -2.09. The second-order valence-electron chi connectivity index (χ2n) is 7.43. The molecule has 4 aromatic rings. The number of carbonyl (C=O) groups excluding carboxylic acids is 1. The van der Waals surface area contributed by atoms with E-state index in [1.807, 2.05) is 60.9 Å². The Labute approximate surface area is 197 Å². The van der Waals surface area contributed by atoms with Crippen LogP contribution in [0.25, 0.3) is 21.8 Å². The van der Waals surface area contributed by atoms with Crippen LogP contribution in [0.1, 0.15) is 18.1 Å². The number of para-hydroxylation sites is 2. The molecular weight excluding hydrogens is 444 g/mol. The minimum atomic E-state index is -0.972. The van der Waals surface area contributed by atoms with Gasteiger partial charge in [0.2, 0.25) is 0 Å². The highest BCUT2D eigenvalue weighted by molar-refractivity contribution is 5.86. The van der Waals surface area contributed by atoms with Gasteiger partial charge in [-0.15, -0.1) is 12.4 Å². The van der Waals surface area contributed by atoms with Crippen molar-refractivity contribution in [2.45, 2.75) is 31.8 Å². The molecule has 0 aliphatic carbocycles. The molecule has 0 fully saturated rings. The Morgan fingerprint density at radius 2 is 1.33 bits per heavy atom. The number of esters is 1. The predicted molar refractivity (Wildman–Crippen MR) is 131 cm³/mol. The van der Waals surface area contributed by atoms with Crippen LogP contribution in [-0.2, 0) is 27.2 Å². The highest BCUT2D eigenvalue weighted by atomic mass is 35.5. The summed E-state index contributed by atoms with van der Waals surface area (Å²) in [5.41, 5.74) is 15.3. The van der Waals surface area contributed by atoms with Gasteiger partial charge in [0.1, 0.15) is 12.1 Å². The van der Waals surface area contributed by atoms with E-state index in [-0.39, 0.29) is 18.4 Å². The van der Waals surface area contributed by atoms with E-state index in [1.54, 1.807) is 6.92 Å². The molecule has 2 aromatic carbocycles. The van der Waals surface area contributed by atoms with Gasteiger partial charge in [-0.25, -0.2) is 0 Å². The number of aromatic nitrogens is 2. The lowest BCUT2D eigenvalue weighted by molar-refractivity contribution is -0.144. The van der Waals surface area contributed by atoms with Gasteiger partial charge >= 0.3 is 11.9 Å². The minimum absolute atomic E-state index is 0. The van der Waals surface area contributed by atoms with E-state index >= 15 is 0 Å². The number of ether oxygens (including phenoxy) is 1. The number of fused-ring (bicyclic) bond motifs is 2. The highest BCUT2D eigenvalue weighted by Gasteiger charge is 2.17. The molecular formula is C24H29ClN4O4. The van der Waals surface area contributed by atoms with E-state index in [0.717, 1.165) is 32.9 Å². The van der Waals surface area contributed by atoms with Crippen molar-refractivity contribution in [3.8, 4) is 0 Å². The molecule has 2 aromatic heterocycles. The Balaban J connectivity index is 0.000000228. The van der Waals surface area contributed by atoms with Crippen LogP contribution in [0.4, 0.5) is 0 Å². The number of aliphatic carboxylic acids is 1. The maximum atomic E-state index is 11.4. The number of carboxylic acid groups (broad SMARTS) is 1. The van der Waals surface area contributed by atoms with Gasteiger partial charge in [-0.1, -0.05) is 36.4 Å². The molecule has 0 saturated heterocycles.